The lowest BCUT2D eigenvalue weighted by Crippen LogP contribution is -2.23. The summed E-state index contributed by atoms with van der Waals surface area (Å²) in [5.41, 5.74) is 1.36. The highest BCUT2D eigenvalue weighted by molar-refractivity contribution is 6.36. The Morgan fingerprint density at radius 2 is 2.00 bits per heavy atom. The SMILES string of the molecule is Cc1cc(CNC(=O)c2ccc(Cl)cc2Cl)c(C)o1. The zero-order chi connectivity index (χ0) is 14.0. The lowest BCUT2D eigenvalue weighted by molar-refractivity contribution is 0.0951. The second-order valence-corrected chi connectivity index (χ2v) is 5.09. The first kappa shape index (κ1) is 14.0. The molecule has 0 aliphatic carbocycles. The van der Waals surface area contributed by atoms with Crippen LogP contribution in [0.2, 0.25) is 10.0 Å². The largest absolute Gasteiger partial charge is 0.466 e. The minimum atomic E-state index is -0.236. The van der Waals surface area contributed by atoms with Crippen molar-refractivity contribution in [2.75, 3.05) is 0 Å². The van der Waals surface area contributed by atoms with Crippen molar-refractivity contribution in [3.05, 3.63) is 57.0 Å². The van der Waals surface area contributed by atoms with Gasteiger partial charge in [-0.3, -0.25) is 4.79 Å². The van der Waals surface area contributed by atoms with E-state index in [1.165, 1.54) is 0 Å². The number of carbonyl (C=O) groups excluding carboxylic acids is 1. The van der Waals surface area contributed by atoms with Gasteiger partial charge in [0.1, 0.15) is 11.5 Å². The molecule has 0 spiro atoms. The third-order valence-electron chi connectivity index (χ3n) is 2.76. The maximum Gasteiger partial charge on any atom is 0.253 e. The molecule has 2 rings (SSSR count). The average Bonchev–Trinajstić information content (AvgIpc) is 2.65. The molecule has 100 valence electrons. The molecule has 0 aliphatic rings. The van der Waals surface area contributed by atoms with Crippen molar-refractivity contribution in [3.8, 4) is 0 Å². The number of nitrogens with one attached hydrogen (secondary N) is 1. The molecule has 0 fully saturated rings. The Kier molecular flexibility index (Phi) is 4.17. The van der Waals surface area contributed by atoms with Crippen LogP contribution in [0.4, 0.5) is 0 Å². The Bertz CT molecular complexity index is 620. The van der Waals surface area contributed by atoms with Gasteiger partial charge in [0.05, 0.1) is 10.6 Å². The molecule has 1 N–H and O–H groups in total. The number of hydrogen-bond acceptors (Lipinski definition) is 2. The molecule has 0 atom stereocenters. The Morgan fingerprint density at radius 1 is 1.26 bits per heavy atom. The number of carbonyl (C=O) groups is 1. The smallest absolute Gasteiger partial charge is 0.253 e. The van der Waals surface area contributed by atoms with Gasteiger partial charge in [-0.05, 0) is 38.1 Å². The lowest BCUT2D eigenvalue weighted by Gasteiger charge is -2.06. The maximum atomic E-state index is 12.0. The van der Waals surface area contributed by atoms with E-state index >= 15 is 0 Å². The summed E-state index contributed by atoms with van der Waals surface area (Å²) < 4.78 is 5.40. The summed E-state index contributed by atoms with van der Waals surface area (Å²) in [6, 6.07) is 6.69. The van der Waals surface area contributed by atoms with Gasteiger partial charge in [0, 0.05) is 17.1 Å². The van der Waals surface area contributed by atoms with Crippen LogP contribution in [0.25, 0.3) is 0 Å². The number of rotatable bonds is 3. The van der Waals surface area contributed by atoms with Gasteiger partial charge in [0.2, 0.25) is 0 Å². The molecule has 5 heteroatoms. The standard InChI is InChI=1S/C14H13Cl2NO2/c1-8-5-10(9(2)19-8)7-17-14(18)12-4-3-11(15)6-13(12)16/h3-6H,7H2,1-2H3,(H,17,18). The van der Waals surface area contributed by atoms with Gasteiger partial charge in [-0.25, -0.2) is 0 Å². The summed E-state index contributed by atoms with van der Waals surface area (Å²) >= 11 is 11.8. The molecule has 0 bridgehead atoms. The molecule has 1 amide bonds. The first-order valence-corrected chi connectivity index (χ1v) is 6.52. The van der Waals surface area contributed by atoms with Gasteiger partial charge in [-0.2, -0.15) is 0 Å². The third kappa shape index (κ3) is 3.31. The van der Waals surface area contributed by atoms with Crippen LogP contribution < -0.4 is 5.32 Å². The van der Waals surface area contributed by atoms with E-state index in [-0.39, 0.29) is 5.91 Å². The van der Waals surface area contributed by atoms with Crippen LogP contribution in [0.5, 0.6) is 0 Å². The minimum absolute atomic E-state index is 0.236. The second kappa shape index (κ2) is 5.68. The Morgan fingerprint density at radius 3 is 2.58 bits per heavy atom. The zero-order valence-electron chi connectivity index (χ0n) is 10.6. The van der Waals surface area contributed by atoms with Crippen molar-refractivity contribution < 1.29 is 9.21 Å². The van der Waals surface area contributed by atoms with E-state index in [2.05, 4.69) is 5.32 Å². The number of amides is 1. The topological polar surface area (TPSA) is 42.2 Å². The van der Waals surface area contributed by atoms with Gasteiger partial charge in [0.15, 0.2) is 0 Å². The van der Waals surface area contributed by atoms with E-state index < -0.39 is 0 Å². The van der Waals surface area contributed by atoms with Gasteiger partial charge in [-0.15, -0.1) is 0 Å². The highest BCUT2D eigenvalue weighted by atomic mass is 35.5. The number of hydrogen-bond donors (Lipinski definition) is 1. The molecular weight excluding hydrogens is 285 g/mol. The molecule has 0 radical (unpaired) electrons. The van der Waals surface area contributed by atoms with Gasteiger partial charge < -0.3 is 9.73 Å². The molecule has 0 saturated carbocycles. The van der Waals surface area contributed by atoms with E-state index in [1.54, 1.807) is 18.2 Å². The van der Waals surface area contributed by atoms with E-state index in [9.17, 15) is 4.79 Å². The van der Waals surface area contributed by atoms with Crippen LogP contribution in [0.15, 0.2) is 28.7 Å². The van der Waals surface area contributed by atoms with E-state index in [0.29, 0.717) is 22.2 Å². The Balaban J connectivity index is 2.07. The molecule has 0 aliphatic heterocycles. The first-order chi connectivity index (χ1) is 8.97. The summed E-state index contributed by atoms with van der Waals surface area (Å²) in [6.07, 6.45) is 0. The molecule has 19 heavy (non-hydrogen) atoms. The van der Waals surface area contributed by atoms with Crippen LogP contribution in [0, 0.1) is 13.8 Å². The fraction of sp³-hybridized carbons (Fsp3) is 0.214. The fourth-order valence-corrected chi connectivity index (χ4v) is 2.30. The number of aryl methyl sites for hydroxylation is 2. The molecule has 0 saturated heterocycles. The first-order valence-electron chi connectivity index (χ1n) is 5.76. The Labute approximate surface area is 121 Å². The molecule has 2 aromatic rings. The molecule has 0 unspecified atom stereocenters. The van der Waals surface area contributed by atoms with Crippen molar-refractivity contribution in [1.82, 2.24) is 5.32 Å². The van der Waals surface area contributed by atoms with Crippen LogP contribution in [-0.4, -0.2) is 5.91 Å². The summed E-state index contributed by atoms with van der Waals surface area (Å²) in [6.45, 7) is 4.14. The van der Waals surface area contributed by atoms with Crippen molar-refractivity contribution in [3.63, 3.8) is 0 Å². The van der Waals surface area contributed by atoms with Gasteiger partial charge in [0.25, 0.3) is 5.91 Å². The molecular formula is C14H13Cl2NO2. The van der Waals surface area contributed by atoms with Crippen LogP contribution in [0.3, 0.4) is 0 Å². The normalized spacial score (nSPS) is 10.5. The van der Waals surface area contributed by atoms with Crippen LogP contribution in [-0.2, 0) is 6.54 Å². The minimum Gasteiger partial charge on any atom is -0.466 e. The zero-order valence-corrected chi connectivity index (χ0v) is 12.1. The molecule has 1 aromatic carbocycles. The summed E-state index contributed by atoms with van der Waals surface area (Å²) in [4.78, 5) is 12.0. The lowest BCUT2D eigenvalue weighted by atomic mass is 10.2. The van der Waals surface area contributed by atoms with Crippen LogP contribution >= 0.6 is 23.2 Å². The maximum absolute atomic E-state index is 12.0. The predicted octanol–water partition coefficient (Wildman–Crippen LogP) is 4.13. The van der Waals surface area contributed by atoms with E-state index in [1.807, 2.05) is 19.9 Å². The molecule has 1 aromatic heterocycles. The highest BCUT2D eigenvalue weighted by Crippen LogP contribution is 2.21. The number of furan rings is 1. The van der Waals surface area contributed by atoms with Crippen molar-refractivity contribution in [1.29, 1.82) is 0 Å². The van der Waals surface area contributed by atoms with Gasteiger partial charge in [-0.1, -0.05) is 23.2 Å². The summed E-state index contributed by atoms with van der Waals surface area (Å²) in [5, 5.41) is 3.64. The second-order valence-electron chi connectivity index (χ2n) is 4.25. The van der Waals surface area contributed by atoms with E-state index in [0.717, 1.165) is 17.1 Å². The predicted molar refractivity (Wildman–Crippen MR) is 75.8 cm³/mol. The quantitative estimate of drug-likeness (QED) is 0.925. The number of halogens is 2. The summed E-state index contributed by atoms with van der Waals surface area (Å²) in [7, 11) is 0. The Hall–Kier alpha value is -1.45. The van der Waals surface area contributed by atoms with Crippen molar-refractivity contribution >= 4 is 29.1 Å². The summed E-state index contributed by atoms with van der Waals surface area (Å²) in [5.74, 6) is 1.39. The van der Waals surface area contributed by atoms with E-state index in [4.69, 9.17) is 27.6 Å². The fourth-order valence-electron chi connectivity index (χ4n) is 1.80. The average molecular weight is 298 g/mol. The van der Waals surface area contributed by atoms with Gasteiger partial charge >= 0.3 is 0 Å². The highest BCUT2D eigenvalue weighted by Gasteiger charge is 2.12. The van der Waals surface area contributed by atoms with Crippen molar-refractivity contribution in [2.45, 2.75) is 20.4 Å². The monoisotopic (exact) mass is 297 g/mol. The molecule has 3 nitrogen and oxygen atoms in total. The molecule has 1 heterocycles. The van der Waals surface area contributed by atoms with Crippen molar-refractivity contribution in [2.24, 2.45) is 0 Å². The van der Waals surface area contributed by atoms with Crippen LogP contribution in [0.1, 0.15) is 27.4 Å². The third-order valence-corrected chi connectivity index (χ3v) is 3.31. The number of benzene rings is 1.